The second kappa shape index (κ2) is 8.89. The monoisotopic (exact) mass is 298 g/mol. The molecule has 0 heterocycles. The number of hydrogen-bond donors (Lipinski definition) is 2. The molecule has 0 aromatic heterocycles. The number of hydrogen-bond acceptors (Lipinski definition) is 4. The first-order valence-electron chi connectivity index (χ1n) is 5.22. The van der Waals surface area contributed by atoms with E-state index in [1.165, 1.54) is 12.1 Å². The van der Waals surface area contributed by atoms with Crippen molar-refractivity contribution in [3.05, 3.63) is 59.7 Å². The Morgan fingerprint density at radius 2 is 1.00 bits per heavy atom. The third-order valence-electron chi connectivity index (χ3n) is 2.15. The average molecular weight is 299 g/mol. The Morgan fingerprint density at radius 3 is 1.21 bits per heavy atom. The molecule has 0 atom stereocenters. The molecule has 5 heteroatoms. The minimum absolute atomic E-state index is 0. The van der Waals surface area contributed by atoms with Gasteiger partial charge in [0.1, 0.15) is 0 Å². The van der Waals surface area contributed by atoms with E-state index in [2.05, 4.69) is 0 Å². The summed E-state index contributed by atoms with van der Waals surface area (Å²) in [5, 5.41) is 34.9. The first-order chi connectivity index (χ1) is 8.69. The molecule has 0 spiro atoms. The van der Waals surface area contributed by atoms with E-state index >= 15 is 0 Å². The fourth-order valence-corrected chi connectivity index (χ4v) is 1.20. The molecule has 2 N–H and O–H groups in total. The molecule has 0 unspecified atom stereocenters. The van der Waals surface area contributed by atoms with Crippen molar-refractivity contribution in [2.45, 2.75) is 0 Å². The maximum Gasteiger partial charge on any atom is 2.00 e. The Morgan fingerprint density at radius 1 is 0.684 bits per heavy atom. The van der Waals surface area contributed by atoms with Gasteiger partial charge in [-0.05, 0) is 11.1 Å². The Kier molecular flexibility index (Phi) is 7.90. The molecule has 0 aliphatic heterocycles. The van der Waals surface area contributed by atoms with E-state index in [0.717, 1.165) is 12.4 Å². The molecule has 4 nitrogen and oxygen atoms in total. The summed E-state index contributed by atoms with van der Waals surface area (Å²) in [6.45, 7) is 0. The Balaban J connectivity index is 0.000000324. The molecule has 100 valence electrons. The van der Waals surface area contributed by atoms with Crippen LogP contribution in [0.2, 0.25) is 0 Å². The minimum atomic E-state index is -0.0903. The van der Waals surface area contributed by atoms with Crippen molar-refractivity contribution in [3.8, 4) is 11.5 Å². The van der Waals surface area contributed by atoms with Gasteiger partial charge >= 0.3 is 16.5 Å². The summed E-state index contributed by atoms with van der Waals surface area (Å²) < 4.78 is 0. The second-order valence-corrected chi connectivity index (χ2v) is 3.36. The fourth-order valence-electron chi connectivity index (χ4n) is 1.20. The van der Waals surface area contributed by atoms with Crippen LogP contribution in [0.15, 0.2) is 48.5 Å². The van der Waals surface area contributed by atoms with E-state index in [1.807, 2.05) is 0 Å². The van der Waals surface area contributed by atoms with Gasteiger partial charge in [0.25, 0.3) is 0 Å². The molecular formula is C14H12N2NiO2. The molecule has 2 rings (SSSR count). The summed E-state index contributed by atoms with van der Waals surface area (Å²) >= 11 is 0. The van der Waals surface area contributed by atoms with E-state index in [4.69, 9.17) is 10.8 Å². The van der Waals surface area contributed by atoms with Crippen molar-refractivity contribution in [3.63, 3.8) is 0 Å². The van der Waals surface area contributed by atoms with Crippen LogP contribution in [-0.4, -0.2) is 12.4 Å². The van der Waals surface area contributed by atoms with Crippen molar-refractivity contribution in [1.29, 1.82) is 10.8 Å². The van der Waals surface area contributed by atoms with Crippen LogP contribution in [0.25, 0.3) is 0 Å². The summed E-state index contributed by atoms with van der Waals surface area (Å²) in [6, 6.07) is 12.9. The summed E-state index contributed by atoms with van der Waals surface area (Å²) in [5.41, 5.74) is 0.884. The molecule has 0 fully saturated rings. The van der Waals surface area contributed by atoms with Gasteiger partial charge < -0.3 is 21.0 Å². The standard InChI is InChI=1S/2C7H7NO.Ni/c2*8-5-6-3-1-2-4-7(6)9;/h2*1-5,8-9H;/q;;+2/p-2. The van der Waals surface area contributed by atoms with E-state index in [9.17, 15) is 10.2 Å². The first-order valence-corrected chi connectivity index (χ1v) is 5.22. The zero-order chi connectivity index (χ0) is 13.4. The summed E-state index contributed by atoms with van der Waals surface area (Å²) in [4.78, 5) is 0. The maximum atomic E-state index is 10.7. The predicted molar refractivity (Wildman–Crippen MR) is 67.5 cm³/mol. The molecule has 0 bridgehead atoms. The normalized spacial score (nSPS) is 8.42. The van der Waals surface area contributed by atoms with Gasteiger partial charge in [-0.25, -0.2) is 0 Å². The zero-order valence-corrected chi connectivity index (χ0v) is 10.9. The summed E-state index contributed by atoms with van der Waals surface area (Å²) in [7, 11) is 0. The van der Waals surface area contributed by atoms with Gasteiger partial charge in [0.15, 0.2) is 0 Å². The van der Waals surface area contributed by atoms with E-state index in [0.29, 0.717) is 11.1 Å². The largest absolute Gasteiger partial charge is 2.00 e. The average Bonchev–Trinajstić information content (AvgIpc) is 2.41. The quantitative estimate of drug-likeness (QED) is 0.649. The molecule has 0 aliphatic rings. The van der Waals surface area contributed by atoms with Crippen LogP contribution in [0.1, 0.15) is 11.1 Å². The maximum absolute atomic E-state index is 10.7. The zero-order valence-electron chi connectivity index (χ0n) is 9.91. The van der Waals surface area contributed by atoms with Crippen LogP contribution in [0.3, 0.4) is 0 Å². The van der Waals surface area contributed by atoms with Crippen molar-refractivity contribution in [1.82, 2.24) is 0 Å². The van der Waals surface area contributed by atoms with Crippen molar-refractivity contribution in [2.24, 2.45) is 0 Å². The van der Waals surface area contributed by atoms with Crippen LogP contribution >= 0.6 is 0 Å². The number of nitrogens with one attached hydrogen (secondary N) is 2. The third-order valence-corrected chi connectivity index (χ3v) is 2.15. The molecule has 0 aliphatic carbocycles. The minimum Gasteiger partial charge on any atom is -0.872 e. The van der Waals surface area contributed by atoms with Gasteiger partial charge in [-0.15, -0.1) is 11.5 Å². The van der Waals surface area contributed by atoms with Crippen molar-refractivity contribution >= 4 is 12.4 Å². The van der Waals surface area contributed by atoms with Crippen LogP contribution < -0.4 is 10.2 Å². The molecule has 0 radical (unpaired) electrons. The summed E-state index contributed by atoms with van der Waals surface area (Å²) in [5.74, 6) is -0.181. The van der Waals surface area contributed by atoms with Gasteiger partial charge in [0, 0.05) is 12.4 Å². The van der Waals surface area contributed by atoms with Crippen LogP contribution in [0, 0.1) is 10.8 Å². The summed E-state index contributed by atoms with van der Waals surface area (Å²) in [6.07, 6.45) is 2.12. The van der Waals surface area contributed by atoms with Crippen LogP contribution in [0.4, 0.5) is 0 Å². The fraction of sp³-hybridized carbons (Fsp3) is 0. The van der Waals surface area contributed by atoms with E-state index in [-0.39, 0.29) is 28.0 Å². The van der Waals surface area contributed by atoms with Crippen LogP contribution in [-0.2, 0) is 16.5 Å². The van der Waals surface area contributed by atoms with E-state index < -0.39 is 0 Å². The van der Waals surface area contributed by atoms with Crippen molar-refractivity contribution in [2.75, 3.05) is 0 Å². The number of para-hydroxylation sites is 2. The Labute approximate surface area is 121 Å². The smallest absolute Gasteiger partial charge is 0.872 e. The van der Waals surface area contributed by atoms with Crippen molar-refractivity contribution < 1.29 is 26.7 Å². The van der Waals surface area contributed by atoms with Gasteiger partial charge in [0.2, 0.25) is 0 Å². The SMILES string of the molecule is N=Cc1ccccc1[O-].N=Cc1ccccc1[O-].[Ni+2]. The molecular weight excluding hydrogens is 287 g/mol. The third kappa shape index (κ3) is 5.36. The van der Waals surface area contributed by atoms with E-state index in [1.54, 1.807) is 36.4 Å². The Hall–Kier alpha value is -2.13. The van der Waals surface area contributed by atoms with Crippen LogP contribution in [0.5, 0.6) is 11.5 Å². The van der Waals surface area contributed by atoms with Gasteiger partial charge in [0.05, 0.1) is 0 Å². The molecule has 0 saturated carbocycles. The molecule has 0 amide bonds. The predicted octanol–water partition coefficient (Wildman–Crippen LogP) is 1.51. The Bertz CT molecular complexity index is 495. The topological polar surface area (TPSA) is 93.8 Å². The van der Waals surface area contributed by atoms with Gasteiger partial charge in [-0.3, -0.25) is 0 Å². The molecule has 2 aromatic carbocycles. The van der Waals surface area contributed by atoms with Gasteiger partial charge in [-0.2, -0.15) is 0 Å². The molecule has 19 heavy (non-hydrogen) atoms. The number of rotatable bonds is 2. The number of benzene rings is 2. The molecule has 2 aromatic rings. The second-order valence-electron chi connectivity index (χ2n) is 3.36. The van der Waals surface area contributed by atoms with Gasteiger partial charge in [-0.1, -0.05) is 48.5 Å². The molecule has 0 saturated heterocycles. The first kappa shape index (κ1) is 16.9.